The number of guanidine groups is 1. The van der Waals surface area contributed by atoms with Crippen molar-refractivity contribution in [3.05, 3.63) is 29.8 Å². The number of ether oxygens (including phenoxy) is 2. The fourth-order valence-electron chi connectivity index (χ4n) is 1.92. The molecule has 0 radical (unpaired) electrons. The third kappa shape index (κ3) is 9.59. The SMILES string of the molecule is CCNC(=NCc1ccc(OC)cc1)NCCCC(=O)OCC.I. The van der Waals surface area contributed by atoms with Crippen molar-refractivity contribution in [2.75, 3.05) is 26.8 Å². The summed E-state index contributed by atoms with van der Waals surface area (Å²) in [5, 5.41) is 6.40. The molecule has 0 aliphatic heterocycles. The lowest BCUT2D eigenvalue weighted by Crippen LogP contribution is -2.37. The number of carbonyl (C=O) groups is 1. The summed E-state index contributed by atoms with van der Waals surface area (Å²) < 4.78 is 10.0. The van der Waals surface area contributed by atoms with Gasteiger partial charge in [0.2, 0.25) is 0 Å². The zero-order valence-electron chi connectivity index (χ0n) is 14.6. The van der Waals surface area contributed by atoms with Crippen LogP contribution in [0.3, 0.4) is 0 Å². The van der Waals surface area contributed by atoms with E-state index < -0.39 is 0 Å². The van der Waals surface area contributed by atoms with Gasteiger partial charge in [-0.2, -0.15) is 0 Å². The molecule has 2 N–H and O–H groups in total. The van der Waals surface area contributed by atoms with Gasteiger partial charge in [-0.15, -0.1) is 24.0 Å². The van der Waals surface area contributed by atoms with E-state index in [0.29, 0.717) is 32.5 Å². The van der Waals surface area contributed by atoms with E-state index in [1.165, 1.54) is 0 Å². The predicted octanol–water partition coefficient (Wildman–Crippen LogP) is 2.71. The van der Waals surface area contributed by atoms with Crippen molar-refractivity contribution in [2.24, 2.45) is 4.99 Å². The van der Waals surface area contributed by atoms with Gasteiger partial charge in [0, 0.05) is 19.5 Å². The van der Waals surface area contributed by atoms with Gasteiger partial charge in [0.15, 0.2) is 5.96 Å². The molecule has 0 bridgehead atoms. The van der Waals surface area contributed by atoms with Crippen molar-refractivity contribution in [3.8, 4) is 5.75 Å². The van der Waals surface area contributed by atoms with Crippen LogP contribution in [0.5, 0.6) is 5.75 Å². The zero-order chi connectivity index (χ0) is 16.9. The molecular weight excluding hydrogens is 421 g/mol. The number of rotatable bonds is 9. The van der Waals surface area contributed by atoms with Crippen molar-refractivity contribution in [1.29, 1.82) is 0 Å². The highest BCUT2D eigenvalue weighted by atomic mass is 127. The van der Waals surface area contributed by atoms with Crippen molar-refractivity contribution in [2.45, 2.75) is 33.2 Å². The lowest BCUT2D eigenvalue weighted by molar-refractivity contribution is -0.143. The van der Waals surface area contributed by atoms with Gasteiger partial charge in [-0.1, -0.05) is 12.1 Å². The molecule has 7 heteroatoms. The maximum Gasteiger partial charge on any atom is 0.305 e. The molecule has 0 atom stereocenters. The van der Waals surface area contributed by atoms with Crippen molar-refractivity contribution in [3.63, 3.8) is 0 Å². The lowest BCUT2D eigenvalue weighted by atomic mass is 10.2. The molecular formula is C17H28IN3O3. The average Bonchev–Trinajstić information content (AvgIpc) is 2.57. The van der Waals surface area contributed by atoms with Gasteiger partial charge >= 0.3 is 5.97 Å². The van der Waals surface area contributed by atoms with Gasteiger partial charge < -0.3 is 20.1 Å². The maximum absolute atomic E-state index is 11.3. The molecule has 6 nitrogen and oxygen atoms in total. The van der Waals surface area contributed by atoms with Crippen LogP contribution in [0.25, 0.3) is 0 Å². The molecule has 0 fully saturated rings. The summed E-state index contributed by atoms with van der Waals surface area (Å²) in [5.41, 5.74) is 1.11. The summed E-state index contributed by atoms with van der Waals surface area (Å²) in [6.07, 6.45) is 1.13. The van der Waals surface area contributed by atoms with E-state index in [1.54, 1.807) is 7.11 Å². The van der Waals surface area contributed by atoms with Crippen molar-refractivity contribution < 1.29 is 14.3 Å². The highest BCUT2D eigenvalue weighted by Gasteiger charge is 2.02. The first-order valence-electron chi connectivity index (χ1n) is 8.00. The van der Waals surface area contributed by atoms with Crippen LogP contribution >= 0.6 is 24.0 Å². The van der Waals surface area contributed by atoms with E-state index in [1.807, 2.05) is 38.1 Å². The van der Waals surface area contributed by atoms with E-state index in [2.05, 4.69) is 15.6 Å². The Morgan fingerprint density at radius 3 is 2.46 bits per heavy atom. The van der Waals surface area contributed by atoms with E-state index in [0.717, 1.165) is 23.8 Å². The van der Waals surface area contributed by atoms with Crippen molar-refractivity contribution in [1.82, 2.24) is 10.6 Å². The number of benzene rings is 1. The van der Waals surface area contributed by atoms with Crippen LogP contribution in [0.15, 0.2) is 29.3 Å². The second-order valence-corrected chi connectivity index (χ2v) is 4.88. The van der Waals surface area contributed by atoms with Gasteiger partial charge in [-0.25, -0.2) is 4.99 Å². The second kappa shape index (κ2) is 13.9. The molecule has 0 saturated carbocycles. The Hall–Kier alpha value is -1.51. The van der Waals surface area contributed by atoms with Gasteiger partial charge in [-0.05, 0) is 38.0 Å². The first kappa shape index (κ1) is 22.5. The molecule has 0 heterocycles. The largest absolute Gasteiger partial charge is 0.497 e. The Labute approximate surface area is 161 Å². The quantitative estimate of drug-likeness (QED) is 0.200. The zero-order valence-corrected chi connectivity index (χ0v) is 17.0. The van der Waals surface area contributed by atoms with Crippen LogP contribution in [-0.2, 0) is 16.1 Å². The third-order valence-electron chi connectivity index (χ3n) is 3.08. The summed E-state index contributed by atoms with van der Waals surface area (Å²) in [7, 11) is 1.65. The monoisotopic (exact) mass is 449 g/mol. The summed E-state index contributed by atoms with van der Waals surface area (Å²) in [4.78, 5) is 15.8. The summed E-state index contributed by atoms with van der Waals surface area (Å²) in [5.74, 6) is 1.42. The van der Waals surface area contributed by atoms with Gasteiger partial charge in [0.25, 0.3) is 0 Å². The van der Waals surface area contributed by atoms with Crippen LogP contribution in [0.1, 0.15) is 32.3 Å². The molecule has 1 aromatic carbocycles. The van der Waals surface area contributed by atoms with Crippen LogP contribution < -0.4 is 15.4 Å². The molecule has 0 amide bonds. The highest BCUT2D eigenvalue weighted by Crippen LogP contribution is 2.11. The smallest absolute Gasteiger partial charge is 0.305 e. The predicted molar refractivity (Wildman–Crippen MR) is 107 cm³/mol. The number of carbonyl (C=O) groups excluding carboxylic acids is 1. The lowest BCUT2D eigenvalue weighted by Gasteiger charge is -2.11. The second-order valence-electron chi connectivity index (χ2n) is 4.88. The van der Waals surface area contributed by atoms with Crippen LogP contribution in [-0.4, -0.2) is 38.7 Å². The van der Waals surface area contributed by atoms with E-state index >= 15 is 0 Å². The number of methoxy groups -OCH3 is 1. The highest BCUT2D eigenvalue weighted by molar-refractivity contribution is 14.0. The number of nitrogens with one attached hydrogen (secondary N) is 2. The minimum absolute atomic E-state index is 0. The molecule has 0 aromatic heterocycles. The fourth-order valence-corrected chi connectivity index (χ4v) is 1.92. The molecule has 24 heavy (non-hydrogen) atoms. The van der Waals surface area contributed by atoms with Crippen LogP contribution in [0.2, 0.25) is 0 Å². The minimum Gasteiger partial charge on any atom is -0.497 e. The molecule has 0 spiro atoms. The number of halogens is 1. The molecule has 0 aliphatic carbocycles. The Balaban J connectivity index is 0.00000529. The van der Waals surface area contributed by atoms with Gasteiger partial charge in [0.05, 0.1) is 20.3 Å². The molecule has 0 aliphatic rings. The summed E-state index contributed by atoms with van der Waals surface area (Å²) in [6, 6.07) is 7.83. The molecule has 0 saturated heterocycles. The number of nitrogens with zero attached hydrogens (tertiary/aromatic N) is 1. The Kier molecular flexibility index (Phi) is 13.0. The van der Waals surface area contributed by atoms with Crippen molar-refractivity contribution >= 4 is 35.9 Å². The molecule has 1 rings (SSSR count). The topological polar surface area (TPSA) is 72.0 Å². The number of esters is 1. The molecule has 136 valence electrons. The van der Waals surface area contributed by atoms with Gasteiger partial charge in [0.1, 0.15) is 5.75 Å². The molecule has 0 unspecified atom stereocenters. The van der Waals surface area contributed by atoms with Crippen LogP contribution in [0, 0.1) is 0 Å². The van der Waals surface area contributed by atoms with E-state index in [4.69, 9.17) is 9.47 Å². The first-order chi connectivity index (χ1) is 11.2. The first-order valence-corrected chi connectivity index (χ1v) is 8.00. The maximum atomic E-state index is 11.3. The summed E-state index contributed by atoms with van der Waals surface area (Å²) >= 11 is 0. The van der Waals surface area contributed by atoms with Gasteiger partial charge in [-0.3, -0.25) is 4.79 Å². The van der Waals surface area contributed by atoms with E-state index in [9.17, 15) is 4.79 Å². The average molecular weight is 449 g/mol. The Bertz CT molecular complexity index is 492. The summed E-state index contributed by atoms with van der Waals surface area (Å²) in [6.45, 7) is 6.30. The number of aliphatic imine (C=N–C) groups is 1. The Morgan fingerprint density at radius 2 is 1.88 bits per heavy atom. The van der Waals surface area contributed by atoms with E-state index in [-0.39, 0.29) is 29.9 Å². The fraction of sp³-hybridized carbons (Fsp3) is 0.529. The third-order valence-corrected chi connectivity index (χ3v) is 3.08. The van der Waals surface area contributed by atoms with Crippen LogP contribution in [0.4, 0.5) is 0 Å². The normalized spacial score (nSPS) is 10.5. The Morgan fingerprint density at radius 1 is 1.17 bits per heavy atom. The number of hydrogen-bond donors (Lipinski definition) is 2. The standard InChI is InChI=1S/C17H27N3O3.HI/c1-4-18-17(19-12-6-7-16(21)23-5-2)20-13-14-8-10-15(22-3)11-9-14;/h8-11H,4-7,12-13H2,1-3H3,(H2,18,19,20);1H. The molecule has 1 aromatic rings. The minimum atomic E-state index is -0.158. The number of hydrogen-bond acceptors (Lipinski definition) is 4.